The van der Waals surface area contributed by atoms with Crippen LogP contribution in [0, 0.1) is 0 Å². The van der Waals surface area contributed by atoms with E-state index in [0.717, 1.165) is 36.2 Å². The van der Waals surface area contributed by atoms with E-state index in [1.807, 2.05) is 0 Å². The van der Waals surface area contributed by atoms with Crippen LogP contribution in [0.3, 0.4) is 0 Å². The van der Waals surface area contributed by atoms with Gasteiger partial charge < -0.3 is 10.3 Å². The highest BCUT2D eigenvalue weighted by molar-refractivity contribution is 5.76. The molecular formula is C14H19N3. The third-order valence-corrected chi connectivity index (χ3v) is 3.85. The van der Waals surface area contributed by atoms with Crippen LogP contribution in [0.15, 0.2) is 18.2 Å². The summed E-state index contributed by atoms with van der Waals surface area (Å²) in [5.41, 5.74) is 3.63. The van der Waals surface area contributed by atoms with E-state index in [-0.39, 0.29) is 5.54 Å². The minimum Gasteiger partial charge on any atom is -0.340 e. The van der Waals surface area contributed by atoms with Gasteiger partial charge >= 0.3 is 0 Å². The molecule has 3 rings (SSSR count). The molecule has 1 aromatic carbocycles. The molecule has 1 aliphatic heterocycles. The van der Waals surface area contributed by atoms with Crippen LogP contribution in [0.4, 0.5) is 0 Å². The topological polar surface area (TPSA) is 40.7 Å². The Hall–Kier alpha value is -1.35. The van der Waals surface area contributed by atoms with Gasteiger partial charge in [-0.25, -0.2) is 4.98 Å². The number of nitrogens with one attached hydrogen (secondary N) is 2. The molecule has 17 heavy (non-hydrogen) atoms. The maximum atomic E-state index is 4.72. The average molecular weight is 229 g/mol. The number of hydrogen-bond acceptors (Lipinski definition) is 2. The fraction of sp³-hybridized carbons (Fsp3) is 0.500. The highest BCUT2D eigenvalue weighted by Gasteiger charge is 2.32. The number of benzene rings is 1. The summed E-state index contributed by atoms with van der Waals surface area (Å²) < 4.78 is 0. The van der Waals surface area contributed by atoms with Crippen molar-refractivity contribution in [3.63, 3.8) is 0 Å². The van der Waals surface area contributed by atoms with Crippen LogP contribution >= 0.6 is 0 Å². The molecule has 1 unspecified atom stereocenters. The molecule has 2 N–H and O–H groups in total. The summed E-state index contributed by atoms with van der Waals surface area (Å²) >= 11 is 0. The van der Waals surface area contributed by atoms with Gasteiger partial charge in [0.2, 0.25) is 0 Å². The molecule has 2 heterocycles. The number of nitrogens with zero attached hydrogens (tertiary/aromatic N) is 1. The summed E-state index contributed by atoms with van der Waals surface area (Å²) in [6, 6.07) is 6.49. The lowest BCUT2D eigenvalue weighted by Gasteiger charge is -2.21. The van der Waals surface area contributed by atoms with E-state index in [1.54, 1.807) is 0 Å². The maximum Gasteiger partial charge on any atom is 0.127 e. The highest BCUT2D eigenvalue weighted by Crippen LogP contribution is 2.29. The lowest BCUT2D eigenvalue weighted by atomic mass is 10.00. The Morgan fingerprint density at radius 3 is 3.00 bits per heavy atom. The van der Waals surface area contributed by atoms with E-state index in [4.69, 9.17) is 4.98 Å². The van der Waals surface area contributed by atoms with Gasteiger partial charge in [-0.1, -0.05) is 13.0 Å². The molecule has 0 amide bonds. The van der Waals surface area contributed by atoms with Gasteiger partial charge in [0, 0.05) is 0 Å². The highest BCUT2D eigenvalue weighted by atomic mass is 15.1. The van der Waals surface area contributed by atoms with E-state index in [9.17, 15) is 0 Å². The second kappa shape index (κ2) is 3.84. The Morgan fingerprint density at radius 1 is 1.41 bits per heavy atom. The molecule has 1 fully saturated rings. The number of rotatable bonds is 2. The van der Waals surface area contributed by atoms with Crippen molar-refractivity contribution in [1.29, 1.82) is 0 Å². The van der Waals surface area contributed by atoms with Crippen LogP contribution in [0.5, 0.6) is 0 Å². The van der Waals surface area contributed by atoms with Crippen molar-refractivity contribution >= 4 is 11.0 Å². The van der Waals surface area contributed by atoms with Crippen molar-refractivity contribution < 1.29 is 0 Å². The van der Waals surface area contributed by atoms with Gasteiger partial charge in [-0.2, -0.15) is 0 Å². The average Bonchev–Trinajstić information content (AvgIpc) is 2.94. The van der Waals surface area contributed by atoms with Crippen LogP contribution in [-0.2, 0) is 12.0 Å². The normalized spacial score (nSPS) is 24.6. The third kappa shape index (κ3) is 1.75. The SMILES string of the molecule is CCc1ccc2nc(C3(C)CCCN3)[nH]c2c1. The Morgan fingerprint density at radius 2 is 2.29 bits per heavy atom. The second-order valence-electron chi connectivity index (χ2n) is 5.15. The second-order valence-corrected chi connectivity index (χ2v) is 5.15. The summed E-state index contributed by atoms with van der Waals surface area (Å²) in [5, 5.41) is 3.55. The Labute approximate surface area is 102 Å². The van der Waals surface area contributed by atoms with Crippen molar-refractivity contribution in [1.82, 2.24) is 15.3 Å². The molecule has 3 nitrogen and oxygen atoms in total. The third-order valence-electron chi connectivity index (χ3n) is 3.85. The number of hydrogen-bond donors (Lipinski definition) is 2. The molecule has 0 saturated carbocycles. The molecule has 3 heteroatoms. The molecule has 90 valence electrons. The van der Waals surface area contributed by atoms with Crippen molar-refractivity contribution in [2.45, 2.75) is 38.6 Å². The van der Waals surface area contributed by atoms with Crippen molar-refractivity contribution in [3.8, 4) is 0 Å². The number of fused-ring (bicyclic) bond motifs is 1. The van der Waals surface area contributed by atoms with Crippen molar-refractivity contribution in [3.05, 3.63) is 29.6 Å². The van der Waals surface area contributed by atoms with Crippen LogP contribution in [0.2, 0.25) is 0 Å². The summed E-state index contributed by atoms with van der Waals surface area (Å²) in [4.78, 5) is 8.20. The first-order chi connectivity index (χ1) is 8.21. The Balaban J connectivity index is 2.07. The number of aromatic amines is 1. The van der Waals surface area contributed by atoms with E-state index in [1.165, 1.54) is 12.0 Å². The first-order valence-corrected chi connectivity index (χ1v) is 6.45. The maximum absolute atomic E-state index is 4.72. The summed E-state index contributed by atoms with van der Waals surface area (Å²) in [7, 11) is 0. The van der Waals surface area contributed by atoms with Crippen LogP contribution in [0.1, 0.15) is 38.1 Å². The van der Waals surface area contributed by atoms with Gasteiger partial charge in [0.05, 0.1) is 16.6 Å². The number of H-pyrrole nitrogens is 1. The van der Waals surface area contributed by atoms with Crippen LogP contribution in [0.25, 0.3) is 11.0 Å². The molecule has 0 bridgehead atoms. The Kier molecular flexibility index (Phi) is 2.44. The molecule has 1 aromatic heterocycles. The predicted molar refractivity (Wildman–Crippen MR) is 70.1 cm³/mol. The fourth-order valence-electron chi connectivity index (χ4n) is 2.63. The fourth-order valence-corrected chi connectivity index (χ4v) is 2.63. The smallest absolute Gasteiger partial charge is 0.127 e. The van der Waals surface area contributed by atoms with E-state index >= 15 is 0 Å². The zero-order valence-corrected chi connectivity index (χ0v) is 10.5. The Bertz CT molecular complexity index is 535. The molecule has 1 atom stereocenters. The molecule has 0 radical (unpaired) electrons. The standard InChI is InChI=1S/C14H19N3/c1-3-10-5-6-11-12(9-10)17-13(16-11)14(2)7-4-8-15-14/h5-6,9,15H,3-4,7-8H2,1-2H3,(H,16,17). The number of aromatic nitrogens is 2. The quantitative estimate of drug-likeness (QED) is 0.831. The monoisotopic (exact) mass is 229 g/mol. The van der Waals surface area contributed by atoms with E-state index in [0.29, 0.717) is 0 Å². The van der Waals surface area contributed by atoms with Gasteiger partial charge in [0.15, 0.2) is 0 Å². The molecule has 0 spiro atoms. The first kappa shape index (κ1) is 10.8. The number of imidazole rings is 1. The van der Waals surface area contributed by atoms with Crippen molar-refractivity contribution in [2.75, 3.05) is 6.54 Å². The molecule has 1 aliphatic rings. The zero-order valence-electron chi connectivity index (χ0n) is 10.5. The molecule has 0 aliphatic carbocycles. The van der Waals surface area contributed by atoms with E-state index < -0.39 is 0 Å². The minimum absolute atomic E-state index is 0.0331. The summed E-state index contributed by atoms with van der Waals surface area (Å²) in [6.45, 7) is 5.50. The number of aryl methyl sites for hydroxylation is 1. The molecule has 1 saturated heterocycles. The van der Waals surface area contributed by atoms with E-state index in [2.05, 4.69) is 42.3 Å². The van der Waals surface area contributed by atoms with Gasteiger partial charge in [0.25, 0.3) is 0 Å². The summed E-state index contributed by atoms with van der Waals surface area (Å²) in [5.74, 6) is 1.08. The summed E-state index contributed by atoms with van der Waals surface area (Å²) in [6.07, 6.45) is 3.46. The van der Waals surface area contributed by atoms with Gasteiger partial charge in [-0.05, 0) is 50.4 Å². The van der Waals surface area contributed by atoms with Crippen LogP contribution < -0.4 is 5.32 Å². The lowest BCUT2D eigenvalue weighted by molar-refractivity contribution is 0.412. The molecule has 2 aromatic rings. The molecular weight excluding hydrogens is 210 g/mol. The largest absolute Gasteiger partial charge is 0.340 e. The van der Waals surface area contributed by atoms with Crippen molar-refractivity contribution in [2.24, 2.45) is 0 Å². The van der Waals surface area contributed by atoms with Gasteiger partial charge in [0.1, 0.15) is 5.82 Å². The predicted octanol–water partition coefficient (Wildman–Crippen LogP) is 2.72. The van der Waals surface area contributed by atoms with Gasteiger partial charge in [-0.15, -0.1) is 0 Å². The van der Waals surface area contributed by atoms with Crippen LogP contribution in [-0.4, -0.2) is 16.5 Å². The minimum atomic E-state index is 0.0331. The lowest BCUT2D eigenvalue weighted by Crippen LogP contribution is -2.34. The van der Waals surface area contributed by atoms with Gasteiger partial charge in [-0.3, -0.25) is 0 Å². The first-order valence-electron chi connectivity index (χ1n) is 6.45. The zero-order chi connectivity index (χ0) is 11.9.